The number of hydrogen-bond acceptors (Lipinski definition) is 3. The maximum atomic E-state index is 12.2. The van der Waals surface area contributed by atoms with Crippen LogP contribution in [0.3, 0.4) is 0 Å². The molecule has 0 aromatic heterocycles. The van der Waals surface area contributed by atoms with E-state index in [0.29, 0.717) is 5.75 Å². The number of carbonyl (C=O) groups excluding carboxylic acids is 1. The molecule has 0 bridgehead atoms. The number of amides is 1. The first kappa shape index (κ1) is 20.6. The van der Waals surface area contributed by atoms with Crippen LogP contribution in [0.15, 0.2) is 74.7 Å². The normalized spacial score (nSPS) is 11.5. The molecule has 0 aliphatic carbocycles. The van der Waals surface area contributed by atoms with Crippen LogP contribution in [-0.4, -0.2) is 18.2 Å². The minimum atomic E-state index is -0.299. The van der Waals surface area contributed by atoms with E-state index in [1.165, 1.54) is 0 Å². The van der Waals surface area contributed by atoms with Crippen molar-refractivity contribution in [3.63, 3.8) is 0 Å². The molecule has 0 aliphatic rings. The van der Waals surface area contributed by atoms with Gasteiger partial charge in [-0.15, -0.1) is 0 Å². The highest BCUT2D eigenvalue weighted by Gasteiger charge is 2.10. The zero-order valence-corrected chi connectivity index (χ0v) is 18.6. The topological polar surface area (TPSA) is 50.7 Å². The molecular formula is C22H20Br2N2O2. The molecule has 6 heteroatoms. The number of hydrazone groups is 1. The summed E-state index contributed by atoms with van der Waals surface area (Å²) in [6, 6.07) is 19.7. The molecule has 3 aromatic carbocycles. The van der Waals surface area contributed by atoms with Gasteiger partial charge in [0, 0.05) is 4.47 Å². The fourth-order valence-electron chi connectivity index (χ4n) is 2.79. The maximum Gasteiger partial charge on any atom is 0.277 e. The first-order chi connectivity index (χ1) is 13.6. The van der Waals surface area contributed by atoms with E-state index in [1.54, 1.807) is 0 Å². The third-order valence-corrected chi connectivity index (χ3v) is 5.46. The smallest absolute Gasteiger partial charge is 0.277 e. The van der Waals surface area contributed by atoms with Gasteiger partial charge in [-0.3, -0.25) is 4.79 Å². The average Bonchev–Trinajstić information content (AvgIpc) is 2.71. The molecular weight excluding hydrogens is 484 g/mol. The summed E-state index contributed by atoms with van der Waals surface area (Å²) in [7, 11) is 0. The molecule has 0 spiro atoms. The largest absolute Gasteiger partial charge is 0.483 e. The number of rotatable bonds is 7. The highest BCUT2D eigenvalue weighted by molar-refractivity contribution is 9.11. The Morgan fingerprint density at radius 1 is 1.07 bits per heavy atom. The Bertz CT molecular complexity index is 1000. The highest BCUT2D eigenvalue weighted by atomic mass is 79.9. The van der Waals surface area contributed by atoms with Crippen molar-refractivity contribution in [2.45, 2.75) is 19.8 Å². The monoisotopic (exact) mass is 502 g/mol. The molecule has 3 rings (SSSR count). The molecule has 1 N–H and O–H groups in total. The number of nitrogens with one attached hydrogen (secondary N) is 1. The van der Waals surface area contributed by atoms with Gasteiger partial charge in [0.2, 0.25) is 0 Å². The number of nitrogens with zero attached hydrogens (tertiary/aromatic N) is 1. The van der Waals surface area contributed by atoms with E-state index in [4.69, 9.17) is 4.74 Å². The second-order valence-electron chi connectivity index (χ2n) is 6.24. The molecule has 144 valence electrons. The van der Waals surface area contributed by atoms with Gasteiger partial charge < -0.3 is 4.74 Å². The van der Waals surface area contributed by atoms with E-state index in [2.05, 4.69) is 49.3 Å². The highest BCUT2D eigenvalue weighted by Crippen LogP contribution is 2.34. The summed E-state index contributed by atoms with van der Waals surface area (Å²) in [6.07, 6.45) is 1.73. The summed E-state index contributed by atoms with van der Waals surface area (Å²) in [5, 5.41) is 6.40. The summed E-state index contributed by atoms with van der Waals surface area (Å²) < 4.78 is 7.53. The fourth-order valence-corrected chi connectivity index (χ4v) is 3.78. The third-order valence-electron chi connectivity index (χ3n) is 4.15. The second-order valence-corrected chi connectivity index (χ2v) is 7.95. The molecule has 4 nitrogen and oxygen atoms in total. The van der Waals surface area contributed by atoms with Crippen LogP contribution >= 0.6 is 31.9 Å². The second kappa shape index (κ2) is 9.85. The van der Waals surface area contributed by atoms with Crippen LogP contribution in [0.25, 0.3) is 10.8 Å². The van der Waals surface area contributed by atoms with E-state index in [9.17, 15) is 4.79 Å². The molecule has 0 heterocycles. The molecule has 0 aliphatic heterocycles. The Kier molecular flexibility index (Phi) is 7.23. The van der Waals surface area contributed by atoms with Gasteiger partial charge in [-0.25, -0.2) is 5.43 Å². The predicted octanol–water partition coefficient (Wildman–Crippen LogP) is 6.06. The van der Waals surface area contributed by atoms with Gasteiger partial charge in [0.25, 0.3) is 5.91 Å². The van der Waals surface area contributed by atoms with Gasteiger partial charge in [-0.2, -0.15) is 5.10 Å². The average molecular weight is 504 g/mol. The van der Waals surface area contributed by atoms with Crippen LogP contribution in [0.1, 0.15) is 25.3 Å². The summed E-state index contributed by atoms with van der Waals surface area (Å²) in [5.41, 5.74) is 4.47. The lowest BCUT2D eigenvalue weighted by Crippen LogP contribution is -2.26. The van der Waals surface area contributed by atoms with Crippen LogP contribution in [0.2, 0.25) is 0 Å². The van der Waals surface area contributed by atoms with Crippen LogP contribution in [0.4, 0.5) is 0 Å². The summed E-state index contributed by atoms with van der Waals surface area (Å²) in [5.74, 6) is 0.318. The van der Waals surface area contributed by atoms with Gasteiger partial charge >= 0.3 is 0 Å². The van der Waals surface area contributed by atoms with Crippen molar-refractivity contribution in [2.75, 3.05) is 6.61 Å². The molecule has 0 saturated carbocycles. The van der Waals surface area contributed by atoms with Crippen molar-refractivity contribution >= 4 is 54.3 Å². The van der Waals surface area contributed by atoms with Crippen LogP contribution in [0.5, 0.6) is 5.75 Å². The van der Waals surface area contributed by atoms with Crippen molar-refractivity contribution in [1.29, 1.82) is 0 Å². The number of benzene rings is 3. The number of fused-ring (bicyclic) bond motifs is 1. The Hall–Kier alpha value is -2.18. The summed E-state index contributed by atoms with van der Waals surface area (Å²) in [4.78, 5) is 12.2. The third kappa shape index (κ3) is 5.20. The van der Waals surface area contributed by atoms with Gasteiger partial charge in [0.05, 0.1) is 10.2 Å². The number of halogens is 2. The molecule has 3 aromatic rings. The lowest BCUT2D eigenvalue weighted by Gasteiger charge is -2.10. The Labute approximate surface area is 181 Å². The van der Waals surface area contributed by atoms with E-state index >= 15 is 0 Å². The van der Waals surface area contributed by atoms with Crippen LogP contribution < -0.4 is 10.2 Å². The molecule has 1 amide bonds. The SMILES string of the molecule is CCC/C(=N\NC(=O)COc1ccc2cc(Br)ccc2c1Br)c1ccccc1. The van der Waals surface area contributed by atoms with Gasteiger partial charge in [0.1, 0.15) is 5.75 Å². The first-order valence-electron chi connectivity index (χ1n) is 9.00. The number of ether oxygens (including phenoxy) is 1. The molecule has 0 saturated heterocycles. The predicted molar refractivity (Wildman–Crippen MR) is 121 cm³/mol. The Morgan fingerprint density at radius 3 is 2.61 bits per heavy atom. The fraction of sp³-hybridized carbons (Fsp3) is 0.182. The van der Waals surface area contributed by atoms with Crippen molar-refractivity contribution < 1.29 is 9.53 Å². The van der Waals surface area contributed by atoms with E-state index in [-0.39, 0.29) is 12.5 Å². The van der Waals surface area contributed by atoms with Gasteiger partial charge in [-0.1, -0.05) is 71.7 Å². The van der Waals surface area contributed by atoms with Gasteiger partial charge in [-0.05, 0) is 56.9 Å². The van der Waals surface area contributed by atoms with E-state index < -0.39 is 0 Å². The van der Waals surface area contributed by atoms with Crippen molar-refractivity contribution in [3.05, 3.63) is 75.2 Å². The zero-order chi connectivity index (χ0) is 19.9. The standard InChI is InChI=1S/C22H20Br2N2O2/c1-2-6-19(15-7-4-3-5-8-15)25-26-21(27)14-28-20-12-9-16-13-17(23)10-11-18(16)22(20)24/h3-5,7-13H,2,6,14H2,1H3,(H,26,27)/b25-19+. The minimum Gasteiger partial charge on any atom is -0.483 e. The van der Waals surface area contributed by atoms with E-state index in [0.717, 1.165) is 43.8 Å². The van der Waals surface area contributed by atoms with Crippen LogP contribution in [0, 0.1) is 0 Å². The quantitative estimate of drug-likeness (QED) is 0.314. The maximum absolute atomic E-state index is 12.2. The van der Waals surface area contributed by atoms with Crippen molar-refractivity contribution in [2.24, 2.45) is 5.10 Å². The molecule has 28 heavy (non-hydrogen) atoms. The lowest BCUT2D eigenvalue weighted by molar-refractivity contribution is -0.123. The lowest BCUT2D eigenvalue weighted by atomic mass is 10.1. The Morgan fingerprint density at radius 2 is 1.86 bits per heavy atom. The van der Waals surface area contributed by atoms with E-state index in [1.807, 2.05) is 60.7 Å². The molecule has 0 unspecified atom stereocenters. The first-order valence-corrected chi connectivity index (χ1v) is 10.6. The Balaban J connectivity index is 1.66. The minimum absolute atomic E-state index is 0.113. The summed E-state index contributed by atoms with van der Waals surface area (Å²) >= 11 is 7.04. The number of carbonyl (C=O) groups is 1. The van der Waals surface area contributed by atoms with Gasteiger partial charge in [0.15, 0.2) is 6.61 Å². The molecule has 0 radical (unpaired) electrons. The zero-order valence-electron chi connectivity index (χ0n) is 15.4. The molecule has 0 atom stereocenters. The van der Waals surface area contributed by atoms with Crippen molar-refractivity contribution in [3.8, 4) is 5.75 Å². The summed E-state index contributed by atoms with van der Waals surface area (Å²) in [6.45, 7) is 1.97. The molecule has 0 fully saturated rings. The van der Waals surface area contributed by atoms with Crippen LogP contribution in [-0.2, 0) is 4.79 Å². The van der Waals surface area contributed by atoms with Crippen molar-refractivity contribution in [1.82, 2.24) is 5.43 Å². The number of hydrogen-bond donors (Lipinski definition) is 1.